The highest BCUT2D eigenvalue weighted by Crippen LogP contribution is 2.22. The first-order valence-electron chi connectivity index (χ1n) is 7.52. The molecular weight excluding hydrogens is 362 g/mol. The van der Waals surface area contributed by atoms with Crippen molar-refractivity contribution in [1.82, 2.24) is 10.6 Å². The van der Waals surface area contributed by atoms with Gasteiger partial charge in [-0.1, -0.05) is 18.2 Å². The summed E-state index contributed by atoms with van der Waals surface area (Å²) >= 11 is 1.08. The van der Waals surface area contributed by atoms with E-state index in [0.717, 1.165) is 11.3 Å². The molecule has 0 saturated heterocycles. The van der Waals surface area contributed by atoms with Crippen LogP contribution in [0, 0.1) is 0 Å². The van der Waals surface area contributed by atoms with Crippen LogP contribution in [0.4, 0.5) is 5.69 Å². The number of rotatable bonds is 7. The zero-order valence-electron chi connectivity index (χ0n) is 13.8. The Morgan fingerprint density at radius 2 is 1.84 bits per heavy atom. The molecule has 2 aromatic rings. The van der Waals surface area contributed by atoms with Gasteiger partial charge in [-0.25, -0.2) is 8.42 Å². The molecule has 0 spiro atoms. The zero-order chi connectivity index (χ0) is 18.4. The number of nitrogens with one attached hydrogen (secondary N) is 3. The van der Waals surface area contributed by atoms with Gasteiger partial charge in [-0.05, 0) is 37.4 Å². The second kappa shape index (κ2) is 8.13. The van der Waals surface area contributed by atoms with Crippen LogP contribution in [0.1, 0.15) is 24.2 Å². The van der Waals surface area contributed by atoms with E-state index < -0.39 is 15.9 Å². The number of para-hydroxylation sites is 1. The Morgan fingerprint density at radius 1 is 1.12 bits per heavy atom. The van der Waals surface area contributed by atoms with Crippen LogP contribution in [0.25, 0.3) is 0 Å². The van der Waals surface area contributed by atoms with E-state index in [1.165, 1.54) is 18.2 Å². The molecule has 1 aromatic carbocycles. The Morgan fingerprint density at radius 3 is 2.48 bits per heavy atom. The summed E-state index contributed by atoms with van der Waals surface area (Å²) < 4.78 is 27.2. The van der Waals surface area contributed by atoms with Crippen LogP contribution in [-0.2, 0) is 14.8 Å². The van der Waals surface area contributed by atoms with Gasteiger partial charge in [0.25, 0.3) is 15.9 Å². The average Bonchev–Trinajstić information content (AvgIpc) is 3.07. The predicted octanol–water partition coefficient (Wildman–Crippen LogP) is 1.80. The van der Waals surface area contributed by atoms with Crippen LogP contribution < -0.4 is 15.4 Å². The maximum Gasteiger partial charge on any atom is 0.271 e. The molecule has 0 atom stereocenters. The molecule has 0 bridgehead atoms. The van der Waals surface area contributed by atoms with Gasteiger partial charge in [0.2, 0.25) is 5.91 Å². The Labute approximate surface area is 150 Å². The second-order valence-corrected chi connectivity index (χ2v) is 8.34. The van der Waals surface area contributed by atoms with Gasteiger partial charge in [-0.15, -0.1) is 11.3 Å². The normalized spacial score (nSPS) is 11.2. The van der Waals surface area contributed by atoms with Crippen molar-refractivity contribution in [3.8, 4) is 0 Å². The van der Waals surface area contributed by atoms with Gasteiger partial charge in [0.15, 0.2) is 0 Å². The van der Waals surface area contributed by atoms with Gasteiger partial charge in [0.1, 0.15) is 4.21 Å². The van der Waals surface area contributed by atoms with Gasteiger partial charge in [-0.3, -0.25) is 14.3 Å². The molecule has 3 N–H and O–H groups in total. The highest BCUT2D eigenvalue weighted by molar-refractivity contribution is 7.94. The number of anilines is 1. The van der Waals surface area contributed by atoms with Crippen molar-refractivity contribution in [3.05, 3.63) is 47.3 Å². The molecule has 25 heavy (non-hydrogen) atoms. The van der Waals surface area contributed by atoms with Crippen molar-refractivity contribution in [2.45, 2.75) is 24.1 Å². The third-order valence-electron chi connectivity index (χ3n) is 3.04. The number of benzene rings is 1. The van der Waals surface area contributed by atoms with Gasteiger partial charge >= 0.3 is 0 Å². The van der Waals surface area contributed by atoms with Crippen LogP contribution in [0.2, 0.25) is 0 Å². The second-order valence-electron chi connectivity index (χ2n) is 5.49. The molecular formula is C16H19N3O4S2. The molecule has 2 rings (SSSR count). The Bertz CT molecular complexity index is 846. The molecule has 1 aromatic heterocycles. The monoisotopic (exact) mass is 381 g/mol. The first kappa shape index (κ1) is 18.9. The largest absolute Gasteiger partial charge is 0.352 e. The van der Waals surface area contributed by atoms with E-state index in [0.29, 0.717) is 0 Å². The van der Waals surface area contributed by atoms with Crippen LogP contribution in [0.3, 0.4) is 0 Å². The zero-order valence-corrected chi connectivity index (χ0v) is 15.4. The Hall–Kier alpha value is -2.39. The molecule has 0 aliphatic carbocycles. The fourth-order valence-electron chi connectivity index (χ4n) is 2.01. The summed E-state index contributed by atoms with van der Waals surface area (Å²) in [6.07, 6.45) is 0. The van der Waals surface area contributed by atoms with E-state index >= 15 is 0 Å². The number of amides is 2. The summed E-state index contributed by atoms with van der Waals surface area (Å²) in [4.78, 5) is 23.9. The third-order valence-corrected chi connectivity index (χ3v) is 5.80. The molecule has 2 amide bonds. The summed E-state index contributed by atoms with van der Waals surface area (Å²) in [5, 5.41) is 6.79. The Kier molecular flexibility index (Phi) is 6.16. The lowest BCUT2D eigenvalue weighted by molar-refractivity contribution is -0.120. The number of carbonyl (C=O) groups is 2. The number of carbonyl (C=O) groups excluding carboxylic acids is 2. The number of thiophene rings is 1. The lowest BCUT2D eigenvalue weighted by Crippen LogP contribution is -2.40. The molecule has 0 aliphatic heterocycles. The summed E-state index contributed by atoms with van der Waals surface area (Å²) in [5.74, 6) is -0.858. The van der Waals surface area contributed by atoms with Crippen molar-refractivity contribution < 1.29 is 18.0 Å². The topological polar surface area (TPSA) is 104 Å². The first-order chi connectivity index (χ1) is 11.8. The van der Waals surface area contributed by atoms with Crippen LogP contribution in [0.15, 0.2) is 46.0 Å². The van der Waals surface area contributed by atoms with E-state index in [2.05, 4.69) is 15.4 Å². The highest BCUT2D eigenvalue weighted by Gasteiger charge is 2.19. The molecule has 7 nitrogen and oxygen atoms in total. The van der Waals surface area contributed by atoms with Crippen molar-refractivity contribution >= 4 is 38.9 Å². The molecule has 1 heterocycles. The van der Waals surface area contributed by atoms with E-state index in [1.807, 2.05) is 13.8 Å². The summed E-state index contributed by atoms with van der Waals surface area (Å²) in [6, 6.07) is 9.29. The fourth-order valence-corrected chi connectivity index (χ4v) is 4.08. The first-order valence-corrected chi connectivity index (χ1v) is 9.89. The molecule has 0 saturated carbocycles. The number of sulfonamides is 1. The molecule has 0 unspecified atom stereocenters. The van der Waals surface area contributed by atoms with Gasteiger partial charge in [0, 0.05) is 6.04 Å². The summed E-state index contributed by atoms with van der Waals surface area (Å²) in [5.41, 5.74) is 0.289. The maximum absolute atomic E-state index is 12.3. The molecule has 0 aliphatic rings. The standard InChI is InChI=1S/C16H19N3O4S2/c1-11(2)18-14(20)10-17-16(21)12-6-3-4-7-13(12)19-25(22,23)15-8-5-9-24-15/h3-9,11,19H,10H2,1-2H3,(H,17,21)(H,18,20). The summed E-state index contributed by atoms with van der Waals surface area (Å²) in [6.45, 7) is 3.44. The minimum Gasteiger partial charge on any atom is -0.352 e. The van der Waals surface area contributed by atoms with Crippen molar-refractivity contribution in [2.75, 3.05) is 11.3 Å². The lowest BCUT2D eigenvalue weighted by atomic mass is 10.1. The van der Waals surface area contributed by atoms with E-state index in [1.54, 1.807) is 23.6 Å². The summed E-state index contributed by atoms with van der Waals surface area (Å²) in [7, 11) is -3.76. The van der Waals surface area contributed by atoms with Crippen LogP contribution in [-0.4, -0.2) is 32.8 Å². The maximum atomic E-state index is 12.3. The van der Waals surface area contributed by atoms with E-state index in [4.69, 9.17) is 0 Å². The predicted molar refractivity (Wildman–Crippen MR) is 97.2 cm³/mol. The molecule has 0 fully saturated rings. The van der Waals surface area contributed by atoms with Gasteiger partial charge < -0.3 is 10.6 Å². The highest BCUT2D eigenvalue weighted by atomic mass is 32.2. The SMILES string of the molecule is CC(C)NC(=O)CNC(=O)c1ccccc1NS(=O)(=O)c1cccs1. The smallest absolute Gasteiger partial charge is 0.271 e. The average molecular weight is 381 g/mol. The van der Waals surface area contributed by atoms with Gasteiger partial charge in [0.05, 0.1) is 17.8 Å². The van der Waals surface area contributed by atoms with E-state index in [-0.39, 0.29) is 34.0 Å². The Balaban J connectivity index is 2.12. The lowest BCUT2D eigenvalue weighted by Gasteiger charge is -2.13. The fraction of sp³-hybridized carbons (Fsp3) is 0.250. The molecule has 134 valence electrons. The van der Waals surface area contributed by atoms with Crippen molar-refractivity contribution in [1.29, 1.82) is 0 Å². The molecule has 9 heteroatoms. The van der Waals surface area contributed by atoms with Crippen molar-refractivity contribution in [3.63, 3.8) is 0 Å². The van der Waals surface area contributed by atoms with E-state index in [9.17, 15) is 18.0 Å². The molecule has 0 radical (unpaired) electrons. The minimum absolute atomic E-state index is 0.0331. The third kappa shape index (κ3) is 5.30. The quantitative estimate of drug-likeness (QED) is 0.680. The van der Waals surface area contributed by atoms with Crippen LogP contribution in [0.5, 0.6) is 0 Å². The van der Waals surface area contributed by atoms with Crippen molar-refractivity contribution in [2.24, 2.45) is 0 Å². The van der Waals surface area contributed by atoms with Crippen LogP contribution >= 0.6 is 11.3 Å². The number of hydrogen-bond acceptors (Lipinski definition) is 5. The minimum atomic E-state index is -3.76. The number of hydrogen-bond donors (Lipinski definition) is 3. The van der Waals surface area contributed by atoms with Gasteiger partial charge in [-0.2, -0.15) is 0 Å².